The van der Waals surface area contributed by atoms with E-state index in [1.165, 1.54) is 6.42 Å². The summed E-state index contributed by atoms with van der Waals surface area (Å²) in [7, 11) is 0. The third-order valence-electron chi connectivity index (χ3n) is 5.65. The minimum Gasteiger partial charge on any atom is -0.370 e. The molecule has 4 rings (SSSR count). The first-order valence-corrected chi connectivity index (χ1v) is 11.1. The molecule has 2 heterocycles. The number of piperidine rings is 1. The van der Waals surface area contributed by atoms with Gasteiger partial charge in [0.25, 0.3) is 0 Å². The van der Waals surface area contributed by atoms with Gasteiger partial charge in [-0.3, -0.25) is 0 Å². The third-order valence-corrected chi connectivity index (χ3v) is 5.65. The average molecular weight is 433 g/mol. The summed E-state index contributed by atoms with van der Waals surface area (Å²) in [5.41, 5.74) is 10.3. The lowest BCUT2D eigenvalue weighted by Gasteiger charge is -2.27. The molecule has 3 aromatic rings. The number of rotatable bonds is 6. The molecule has 1 aromatic heterocycles. The van der Waals surface area contributed by atoms with Crippen molar-refractivity contribution in [2.24, 2.45) is 10.7 Å². The smallest absolute Gasteiger partial charge is 0.191 e. The fraction of sp³-hybridized carbons (Fsp3) is 0.308. The van der Waals surface area contributed by atoms with E-state index in [1.54, 1.807) is 6.07 Å². The molecule has 2 aromatic carbocycles. The number of aliphatic imine (C=N–C) groups is 1. The number of benzene rings is 2. The maximum Gasteiger partial charge on any atom is 0.191 e. The molecule has 0 saturated carbocycles. The highest BCUT2D eigenvalue weighted by molar-refractivity contribution is 5.78. The minimum atomic E-state index is -0.215. The van der Waals surface area contributed by atoms with Crippen molar-refractivity contribution in [2.75, 3.05) is 13.1 Å². The summed E-state index contributed by atoms with van der Waals surface area (Å²) in [6, 6.07) is 16.8. The van der Waals surface area contributed by atoms with Crippen LogP contribution < -0.4 is 5.73 Å². The number of likely N-dealkylation sites (tertiary alicyclic amines) is 1. The summed E-state index contributed by atoms with van der Waals surface area (Å²) < 4.78 is 20.1. The topological polar surface area (TPSA) is 67.7 Å². The molecule has 2 N–H and O–H groups in total. The van der Waals surface area contributed by atoms with Crippen LogP contribution in [0, 0.1) is 5.82 Å². The Kier molecular flexibility index (Phi) is 7.00. The predicted octanol–water partition coefficient (Wildman–Crippen LogP) is 5.43. The second kappa shape index (κ2) is 10.3. The lowest BCUT2D eigenvalue weighted by atomic mass is 10.00. The van der Waals surface area contributed by atoms with Gasteiger partial charge < -0.3 is 15.2 Å². The van der Waals surface area contributed by atoms with E-state index < -0.39 is 0 Å². The first-order chi connectivity index (χ1) is 15.6. The molecule has 1 saturated heterocycles. The second-order valence-corrected chi connectivity index (χ2v) is 8.29. The van der Waals surface area contributed by atoms with E-state index in [2.05, 4.69) is 15.0 Å². The van der Waals surface area contributed by atoms with Crippen LogP contribution in [0.1, 0.15) is 43.2 Å². The van der Waals surface area contributed by atoms with Crippen LogP contribution in [-0.2, 0) is 13.0 Å². The molecule has 0 aliphatic carbocycles. The molecule has 166 valence electrons. The number of guanidine groups is 1. The van der Waals surface area contributed by atoms with Crippen LogP contribution in [0.25, 0.3) is 17.2 Å². The van der Waals surface area contributed by atoms with Crippen molar-refractivity contribution in [3.8, 4) is 11.1 Å². The number of hydrogen-bond donors (Lipinski definition) is 1. The van der Waals surface area contributed by atoms with E-state index in [0.717, 1.165) is 48.3 Å². The Bertz CT molecular complexity index is 1100. The summed E-state index contributed by atoms with van der Waals surface area (Å²) in [6.45, 7) is 4.32. The van der Waals surface area contributed by atoms with E-state index in [4.69, 9.17) is 10.3 Å². The van der Waals surface area contributed by atoms with Gasteiger partial charge in [-0.25, -0.2) is 9.38 Å². The molecule has 0 atom stereocenters. The van der Waals surface area contributed by atoms with Crippen molar-refractivity contribution < 1.29 is 8.91 Å². The van der Waals surface area contributed by atoms with Crippen molar-refractivity contribution in [2.45, 2.75) is 39.2 Å². The van der Waals surface area contributed by atoms with Crippen molar-refractivity contribution >= 4 is 12.0 Å². The van der Waals surface area contributed by atoms with Gasteiger partial charge in [0.05, 0.1) is 6.54 Å². The van der Waals surface area contributed by atoms with Crippen molar-refractivity contribution in [1.82, 2.24) is 10.1 Å². The van der Waals surface area contributed by atoms with Gasteiger partial charge in [0.1, 0.15) is 11.5 Å². The zero-order valence-electron chi connectivity index (χ0n) is 18.4. The highest BCUT2D eigenvalue weighted by Crippen LogP contribution is 2.24. The van der Waals surface area contributed by atoms with Crippen LogP contribution in [0.5, 0.6) is 0 Å². The first kappa shape index (κ1) is 21.8. The van der Waals surface area contributed by atoms with Crippen LogP contribution in [-0.4, -0.2) is 29.1 Å². The number of hydrogen-bond acceptors (Lipinski definition) is 3. The van der Waals surface area contributed by atoms with Gasteiger partial charge in [0, 0.05) is 24.7 Å². The molecule has 32 heavy (non-hydrogen) atoms. The van der Waals surface area contributed by atoms with Crippen LogP contribution in [0.3, 0.4) is 0 Å². The zero-order chi connectivity index (χ0) is 22.3. The van der Waals surface area contributed by atoms with Crippen molar-refractivity contribution in [3.63, 3.8) is 0 Å². The van der Waals surface area contributed by atoms with E-state index in [9.17, 15) is 4.39 Å². The Balaban J connectivity index is 1.37. The lowest BCUT2D eigenvalue weighted by Crippen LogP contribution is -2.40. The zero-order valence-corrected chi connectivity index (χ0v) is 18.4. The Labute approximate surface area is 188 Å². The highest BCUT2D eigenvalue weighted by atomic mass is 19.1. The van der Waals surface area contributed by atoms with E-state index in [0.29, 0.717) is 30.2 Å². The van der Waals surface area contributed by atoms with Gasteiger partial charge in [-0.05, 0) is 55.9 Å². The minimum absolute atomic E-state index is 0.215. The Morgan fingerprint density at radius 3 is 2.66 bits per heavy atom. The molecule has 0 unspecified atom stereocenters. The summed E-state index contributed by atoms with van der Waals surface area (Å²) in [6.07, 6.45) is 6.13. The van der Waals surface area contributed by atoms with Gasteiger partial charge in [0.15, 0.2) is 11.7 Å². The van der Waals surface area contributed by atoms with Gasteiger partial charge in [-0.15, -0.1) is 0 Å². The molecule has 6 heteroatoms. The standard InChI is InChI=1S/C26H29FN4O/c1-19(14-20-10-11-24(25(27)16-20)21-8-4-2-5-9-21)15-23-17-22(30-32-23)18-29-26(28)31-12-6-3-7-13-31/h2,4-5,8-11,15-17H,3,6-7,12-14,18H2,1H3,(H2,28,29). The van der Waals surface area contributed by atoms with Crippen LogP contribution in [0.4, 0.5) is 4.39 Å². The van der Waals surface area contributed by atoms with Crippen LogP contribution in [0.15, 0.2) is 69.7 Å². The molecule has 0 amide bonds. The highest BCUT2D eigenvalue weighted by Gasteiger charge is 2.12. The van der Waals surface area contributed by atoms with E-state index >= 15 is 0 Å². The molecule has 1 fully saturated rings. The van der Waals surface area contributed by atoms with Gasteiger partial charge in [-0.2, -0.15) is 0 Å². The number of nitrogens with zero attached hydrogens (tertiary/aromatic N) is 3. The normalized spacial score (nSPS) is 15.2. The van der Waals surface area contributed by atoms with Gasteiger partial charge >= 0.3 is 0 Å². The molecule has 0 radical (unpaired) electrons. The number of aromatic nitrogens is 1. The molecule has 0 bridgehead atoms. The number of allylic oxidation sites excluding steroid dienone is 1. The lowest BCUT2D eigenvalue weighted by molar-refractivity contribution is 0.337. The summed E-state index contributed by atoms with van der Waals surface area (Å²) in [5.74, 6) is 1.01. The van der Waals surface area contributed by atoms with Gasteiger partial charge in [-0.1, -0.05) is 53.2 Å². The predicted molar refractivity (Wildman–Crippen MR) is 126 cm³/mol. The van der Waals surface area contributed by atoms with E-state index in [1.807, 2.05) is 61.5 Å². The molecule has 1 aliphatic heterocycles. The molecule has 1 aliphatic rings. The Hall–Kier alpha value is -3.41. The maximum atomic E-state index is 14.6. The molecular weight excluding hydrogens is 403 g/mol. The van der Waals surface area contributed by atoms with Crippen molar-refractivity contribution in [1.29, 1.82) is 0 Å². The van der Waals surface area contributed by atoms with Crippen LogP contribution >= 0.6 is 0 Å². The third kappa shape index (κ3) is 5.63. The maximum absolute atomic E-state index is 14.6. The first-order valence-electron chi connectivity index (χ1n) is 11.1. The van der Waals surface area contributed by atoms with Gasteiger partial charge in [0.2, 0.25) is 0 Å². The molecule has 5 nitrogen and oxygen atoms in total. The molecule has 0 spiro atoms. The fourth-order valence-corrected chi connectivity index (χ4v) is 3.99. The second-order valence-electron chi connectivity index (χ2n) is 8.29. The average Bonchev–Trinajstić information content (AvgIpc) is 3.25. The summed E-state index contributed by atoms with van der Waals surface area (Å²) in [4.78, 5) is 6.58. The molecular formula is C26H29FN4O. The Morgan fingerprint density at radius 2 is 1.91 bits per heavy atom. The number of nitrogens with two attached hydrogens (primary N) is 1. The van der Waals surface area contributed by atoms with Crippen LogP contribution in [0.2, 0.25) is 0 Å². The number of halogens is 1. The SMILES string of the molecule is CC(=Cc1cc(CN=C(N)N2CCCCC2)no1)Cc1ccc(-c2ccccc2)c(F)c1. The van der Waals surface area contributed by atoms with Crippen molar-refractivity contribution in [3.05, 3.63) is 83.0 Å². The quantitative estimate of drug-likeness (QED) is 0.417. The van der Waals surface area contributed by atoms with E-state index in [-0.39, 0.29) is 5.82 Å². The summed E-state index contributed by atoms with van der Waals surface area (Å²) in [5, 5.41) is 4.09. The largest absolute Gasteiger partial charge is 0.370 e. The monoisotopic (exact) mass is 432 g/mol. The fourth-order valence-electron chi connectivity index (χ4n) is 3.99. The Morgan fingerprint density at radius 1 is 1.12 bits per heavy atom. The summed E-state index contributed by atoms with van der Waals surface area (Å²) >= 11 is 0.